The van der Waals surface area contributed by atoms with E-state index < -0.39 is 0 Å². The molecule has 4 nitrogen and oxygen atoms in total. The number of nitrogens with zero attached hydrogens (tertiary/aromatic N) is 2. The molecule has 0 unspecified atom stereocenters. The lowest BCUT2D eigenvalue weighted by atomic mass is 10.1. The molecule has 1 atom stereocenters. The van der Waals surface area contributed by atoms with Crippen molar-refractivity contribution in [2.24, 2.45) is 0 Å². The van der Waals surface area contributed by atoms with Gasteiger partial charge in [-0.2, -0.15) is 0 Å². The van der Waals surface area contributed by atoms with Crippen LogP contribution >= 0.6 is 23.4 Å². The summed E-state index contributed by atoms with van der Waals surface area (Å²) in [6, 6.07) is 6.26. The third-order valence-electron chi connectivity index (χ3n) is 4.31. The van der Waals surface area contributed by atoms with Gasteiger partial charge in [-0.15, -0.1) is 0 Å². The number of hydrogen-bond acceptors (Lipinski definition) is 5. The number of allylic oxidation sites excluding steroid dienone is 1. The average molecular weight is 351 g/mol. The summed E-state index contributed by atoms with van der Waals surface area (Å²) in [5.74, 6) is -0.0986. The topological polar surface area (TPSA) is 40.6 Å². The minimum absolute atomic E-state index is 0.00117. The molecule has 0 aliphatic carbocycles. The number of carbonyl (C=O) groups is 2. The lowest BCUT2D eigenvalue weighted by Crippen LogP contribution is -2.31. The Morgan fingerprint density at radius 1 is 1.35 bits per heavy atom. The highest BCUT2D eigenvalue weighted by atomic mass is 35.5. The standard InChI is InChI=1S/C17H19ClN2O2S/c1-19(2)13-5-6-20(10-13)14-4-3-12(18)7-11(14)8-16-15(21)9-17(22)23-16/h3-4,7-8,13H,5-6,9-10H2,1-2H3/t13-/m0/s1. The Bertz CT molecular complexity index is 687. The summed E-state index contributed by atoms with van der Waals surface area (Å²) in [7, 11) is 4.19. The van der Waals surface area contributed by atoms with Crippen LogP contribution in [0.1, 0.15) is 18.4 Å². The van der Waals surface area contributed by atoms with Crippen molar-refractivity contribution in [2.75, 3.05) is 32.1 Å². The molecule has 122 valence electrons. The van der Waals surface area contributed by atoms with Crippen LogP contribution in [-0.4, -0.2) is 49.0 Å². The van der Waals surface area contributed by atoms with E-state index in [0.29, 0.717) is 16.0 Å². The number of halogens is 1. The van der Waals surface area contributed by atoms with Gasteiger partial charge < -0.3 is 9.80 Å². The van der Waals surface area contributed by atoms with Gasteiger partial charge in [-0.25, -0.2) is 0 Å². The van der Waals surface area contributed by atoms with Crippen LogP contribution in [0.4, 0.5) is 5.69 Å². The molecule has 0 bridgehead atoms. The normalized spacial score (nSPS) is 23.6. The number of Topliss-reactive ketones (excluding diaryl/α,β-unsaturated/α-hetero) is 1. The summed E-state index contributed by atoms with van der Waals surface area (Å²) >= 11 is 7.17. The first kappa shape index (κ1) is 16.6. The molecule has 0 spiro atoms. The van der Waals surface area contributed by atoms with Crippen LogP contribution in [0.3, 0.4) is 0 Å². The Labute approximate surface area is 145 Å². The van der Waals surface area contributed by atoms with Crippen molar-refractivity contribution in [3.05, 3.63) is 33.7 Å². The minimum atomic E-state index is -0.0986. The van der Waals surface area contributed by atoms with Crippen molar-refractivity contribution in [1.29, 1.82) is 0 Å². The Hall–Kier alpha value is -1.30. The van der Waals surface area contributed by atoms with Gasteiger partial charge in [0, 0.05) is 35.4 Å². The smallest absolute Gasteiger partial charge is 0.201 e. The molecule has 0 aromatic heterocycles. The van der Waals surface area contributed by atoms with E-state index in [1.54, 1.807) is 0 Å². The lowest BCUT2D eigenvalue weighted by Gasteiger charge is -2.23. The number of benzene rings is 1. The van der Waals surface area contributed by atoms with Gasteiger partial charge in [0.25, 0.3) is 0 Å². The minimum Gasteiger partial charge on any atom is -0.369 e. The van der Waals surface area contributed by atoms with E-state index >= 15 is 0 Å². The molecule has 23 heavy (non-hydrogen) atoms. The number of thioether (sulfide) groups is 1. The molecule has 3 rings (SSSR count). The van der Waals surface area contributed by atoms with Crippen molar-refractivity contribution in [2.45, 2.75) is 18.9 Å². The summed E-state index contributed by atoms with van der Waals surface area (Å²) in [6.07, 6.45) is 2.92. The first-order chi connectivity index (χ1) is 10.9. The van der Waals surface area contributed by atoms with Gasteiger partial charge in [0.2, 0.25) is 5.12 Å². The summed E-state index contributed by atoms with van der Waals surface area (Å²) in [4.78, 5) is 28.4. The highest BCUT2D eigenvalue weighted by Gasteiger charge is 2.28. The zero-order chi connectivity index (χ0) is 16.6. The second-order valence-corrected chi connectivity index (χ2v) is 7.67. The van der Waals surface area contributed by atoms with Crippen LogP contribution < -0.4 is 4.90 Å². The maximum Gasteiger partial charge on any atom is 0.201 e. The quantitative estimate of drug-likeness (QED) is 0.619. The number of anilines is 1. The van der Waals surface area contributed by atoms with Crippen molar-refractivity contribution in [1.82, 2.24) is 4.90 Å². The average Bonchev–Trinajstić information content (AvgIpc) is 3.07. The monoisotopic (exact) mass is 350 g/mol. The van der Waals surface area contributed by atoms with E-state index in [4.69, 9.17) is 11.6 Å². The number of carbonyl (C=O) groups excluding carboxylic acids is 2. The molecule has 6 heteroatoms. The molecule has 2 saturated heterocycles. The van der Waals surface area contributed by atoms with Gasteiger partial charge in [0.05, 0.1) is 11.3 Å². The fourth-order valence-electron chi connectivity index (χ4n) is 3.00. The molecule has 2 aliphatic heterocycles. The van der Waals surface area contributed by atoms with Crippen LogP contribution in [0, 0.1) is 0 Å². The number of likely N-dealkylation sites (N-methyl/N-ethyl adjacent to an activating group) is 1. The largest absolute Gasteiger partial charge is 0.369 e. The van der Waals surface area contributed by atoms with Crippen molar-refractivity contribution >= 4 is 46.0 Å². The van der Waals surface area contributed by atoms with Crippen LogP contribution in [0.25, 0.3) is 6.08 Å². The lowest BCUT2D eigenvalue weighted by molar-refractivity contribution is -0.119. The summed E-state index contributed by atoms with van der Waals surface area (Å²) in [5.41, 5.74) is 1.97. The molecule has 2 aliphatic rings. The Balaban J connectivity index is 1.92. The second-order valence-electron chi connectivity index (χ2n) is 6.14. The van der Waals surface area contributed by atoms with E-state index in [2.05, 4.69) is 23.9 Å². The van der Waals surface area contributed by atoms with E-state index in [9.17, 15) is 9.59 Å². The van der Waals surface area contributed by atoms with E-state index in [1.807, 2.05) is 24.3 Å². The highest BCUT2D eigenvalue weighted by molar-refractivity contribution is 8.18. The summed E-state index contributed by atoms with van der Waals surface area (Å²) in [6.45, 7) is 1.92. The van der Waals surface area contributed by atoms with Crippen LogP contribution in [0.5, 0.6) is 0 Å². The van der Waals surface area contributed by atoms with Gasteiger partial charge in [0.15, 0.2) is 5.78 Å². The zero-order valence-corrected chi connectivity index (χ0v) is 14.8. The SMILES string of the molecule is CN(C)[C@H]1CCN(c2ccc(Cl)cc2C=C2SC(=O)CC2=O)C1. The van der Waals surface area contributed by atoms with Gasteiger partial charge in [-0.3, -0.25) is 9.59 Å². The van der Waals surface area contributed by atoms with E-state index in [-0.39, 0.29) is 17.3 Å². The number of hydrogen-bond donors (Lipinski definition) is 0. The molecule has 1 aromatic carbocycles. The molecule has 2 fully saturated rings. The predicted molar refractivity (Wildman–Crippen MR) is 96.0 cm³/mol. The Kier molecular flexibility index (Phi) is 4.80. The van der Waals surface area contributed by atoms with Crippen molar-refractivity contribution < 1.29 is 9.59 Å². The summed E-state index contributed by atoms with van der Waals surface area (Å²) in [5, 5.41) is 0.546. The van der Waals surface area contributed by atoms with E-state index in [1.165, 1.54) is 0 Å². The van der Waals surface area contributed by atoms with Crippen molar-refractivity contribution in [3.8, 4) is 0 Å². The van der Waals surface area contributed by atoms with Crippen LogP contribution in [0.2, 0.25) is 5.02 Å². The Morgan fingerprint density at radius 2 is 2.13 bits per heavy atom. The molecule has 0 saturated carbocycles. The van der Waals surface area contributed by atoms with E-state index in [0.717, 1.165) is 42.5 Å². The molecular weight excluding hydrogens is 332 g/mol. The molecule has 1 aromatic rings. The van der Waals surface area contributed by atoms with Gasteiger partial charge in [0.1, 0.15) is 0 Å². The molecule has 0 N–H and O–H groups in total. The molecule has 2 heterocycles. The van der Waals surface area contributed by atoms with Gasteiger partial charge in [-0.1, -0.05) is 11.6 Å². The highest BCUT2D eigenvalue weighted by Crippen LogP contribution is 2.35. The first-order valence-electron chi connectivity index (χ1n) is 7.60. The molecular formula is C17H19ClN2O2S. The fraction of sp³-hybridized carbons (Fsp3) is 0.412. The second kappa shape index (κ2) is 6.67. The maximum absolute atomic E-state index is 11.9. The Morgan fingerprint density at radius 3 is 2.74 bits per heavy atom. The number of rotatable bonds is 3. The third-order valence-corrected chi connectivity index (χ3v) is 5.49. The molecule has 0 amide bonds. The third kappa shape index (κ3) is 3.62. The molecule has 0 radical (unpaired) electrons. The van der Waals surface area contributed by atoms with Gasteiger partial charge in [-0.05, 0) is 56.6 Å². The number of ketones is 1. The van der Waals surface area contributed by atoms with Crippen molar-refractivity contribution in [3.63, 3.8) is 0 Å². The maximum atomic E-state index is 11.9. The predicted octanol–water partition coefficient (Wildman–Crippen LogP) is 3.05. The van der Waals surface area contributed by atoms with Crippen LogP contribution in [0.15, 0.2) is 23.1 Å². The first-order valence-corrected chi connectivity index (χ1v) is 8.80. The van der Waals surface area contributed by atoms with Gasteiger partial charge >= 0.3 is 0 Å². The fourth-order valence-corrected chi connectivity index (χ4v) is 4.00. The summed E-state index contributed by atoms with van der Waals surface area (Å²) < 4.78 is 0. The van der Waals surface area contributed by atoms with Crippen LogP contribution in [-0.2, 0) is 9.59 Å². The zero-order valence-electron chi connectivity index (χ0n) is 13.2.